The lowest BCUT2D eigenvalue weighted by Crippen LogP contribution is -2.28. The summed E-state index contributed by atoms with van der Waals surface area (Å²) in [6.07, 6.45) is 4.47. The number of hydrogen-bond donors (Lipinski definition) is 2. The fraction of sp³-hybridized carbons (Fsp3) is 0.452. The van der Waals surface area contributed by atoms with E-state index in [2.05, 4.69) is 0 Å². The van der Waals surface area contributed by atoms with E-state index < -0.39 is 23.1 Å². The van der Waals surface area contributed by atoms with E-state index in [1.165, 1.54) is 24.3 Å². The van der Waals surface area contributed by atoms with E-state index in [9.17, 15) is 24.6 Å². The number of likely N-dealkylation sites (N-methyl/N-ethyl adjacent to an activating group) is 2. The van der Waals surface area contributed by atoms with Crippen molar-refractivity contribution in [2.45, 2.75) is 13.8 Å². The van der Waals surface area contributed by atoms with Crippen molar-refractivity contribution in [3.8, 4) is 5.75 Å². The number of phenolic OH excluding ortho intramolecular Hbond substituents is 1. The molecule has 0 heterocycles. The molecule has 0 saturated carbocycles. The third-order valence-corrected chi connectivity index (χ3v) is 6.99. The third-order valence-electron chi connectivity index (χ3n) is 6.99. The smallest absolute Gasteiger partial charge is 0.238 e. The van der Waals surface area contributed by atoms with Gasteiger partial charge in [0, 0.05) is 75.1 Å². The minimum absolute atomic E-state index is 0.00620. The van der Waals surface area contributed by atoms with Gasteiger partial charge in [0.25, 0.3) is 0 Å². The quantitative estimate of drug-likeness (QED) is 0.159. The van der Waals surface area contributed by atoms with Gasteiger partial charge in [0.1, 0.15) is 11.5 Å². The Labute approximate surface area is 246 Å². The summed E-state index contributed by atoms with van der Waals surface area (Å²) in [6, 6.07) is 4.64. The summed E-state index contributed by atoms with van der Waals surface area (Å²) >= 11 is 0. The molecule has 0 unspecified atom stereocenters. The highest BCUT2D eigenvalue weighted by atomic mass is 16.5. The summed E-state index contributed by atoms with van der Waals surface area (Å²) in [5.41, 5.74) is 0.518. The van der Waals surface area contributed by atoms with Gasteiger partial charge in [-0.05, 0) is 38.1 Å². The van der Waals surface area contributed by atoms with Crippen LogP contribution < -0.4 is 4.90 Å². The number of anilines is 1. The molecule has 42 heavy (non-hydrogen) atoms. The Hall–Kier alpha value is -3.77. The van der Waals surface area contributed by atoms with Crippen LogP contribution in [-0.4, -0.2) is 113 Å². The zero-order valence-corrected chi connectivity index (χ0v) is 24.7. The Kier molecular flexibility index (Phi) is 12.5. The largest absolute Gasteiger partial charge is 0.507 e. The zero-order valence-electron chi connectivity index (χ0n) is 24.7. The molecule has 1 aromatic carbocycles. The van der Waals surface area contributed by atoms with Crippen LogP contribution in [0.3, 0.4) is 0 Å². The lowest BCUT2D eigenvalue weighted by Gasteiger charge is -2.25. The maximum atomic E-state index is 13.1. The van der Waals surface area contributed by atoms with Crippen molar-refractivity contribution in [3.63, 3.8) is 0 Å². The Morgan fingerprint density at radius 1 is 0.738 bits per heavy atom. The number of aliphatic hydroxyl groups is 1. The molecule has 228 valence electrons. The highest BCUT2D eigenvalue weighted by Crippen LogP contribution is 2.39. The monoisotopic (exact) mass is 584 g/mol. The van der Waals surface area contributed by atoms with Gasteiger partial charge in [0.2, 0.25) is 11.6 Å². The Balaban J connectivity index is 1.82. The molecule has 0 atom stereocenters. The molecule has 0 aliphatic heterocycles. The normalized spacial score (nSPS) is 17.0. The number of carbonyl (C=O) groups is 3. The summed E-state index contributed by atoms with van der Waals surface area (Å²) in [5.74, 6) is -3.41. The maximum absolute atomic E-state index is 13.1. The molecule has 2 aliphatic carbocycles. The molecule has 0 fully saturated rings. The number of rotatable bonds is 17. The first-order valence-corrected chi connectivity index (χ1v) is 14.0. The molecule has 2 N–H and O–H groups in total. The summed E-state index contributed by atoms with van der Waals surface area (Å²) in [7, 11) is 3.20. The molecule has 0 bridgehead atoms. The molecular weight excluding hydrogens is 544 g/mol. The second kappa shape index (κ2) is 16.0. The van der Waals surface area contributed by atoms with Gasteiger partial charge in [-0.1, -0.05) is 0 Å². The number of hydrogen-bond acceptors (Lipinski definition) is 11. The van der Waals surface area contributed by atoms with Crippen LogP contribution in [0.1, 0.15) is 19.4 Å². The van der Waals surface area contributed by atoms with Crippen LogP contribution >= 0.6 is 0 Å². The van der Waals surface area contributed by atoms with Crippen LogP contribution in [0.2, 0.25) is 0 Å². The number of ketones is 3. The number of aliphatic hydroxyl groups excluding tert-OH is 1. The molecule has 0 spiro atoms. The lowest BCUT2D eigenvalue weighted by molar-refractivity contribution is -0.130. The van der Waals surface area contributed by atoms with Gasteiger partial charge < -0.3 is 39.0 Å². The van der Waals surface area contributed by atoms with Gasteiger partial charge in [-0.15, -0.1) is 0 Å². The highest BCUT2D eigenvalue weighted by Gasteiger charge is 2.41. The Bertz CT molecular complexity index is 1280. The summed E-state index contributed by atoms with van der Waals surface area (Å²) in [5, 5.41) is 21.9. The van der Waals surface area contributed by atoms with Crippen molar-refractivity contribution in [3.05, 3.63) is 64.6 Å². The van der Waals surface area contributed by atoms with Crippen LogP contribution in [0, 0.1) is 0 Å². The standard InChI is InChI=1S/C31H40N2O9/c1-5-32(11-13-41-17-15-39-3)21-7-9-23(25(34)19-21)27-29(36)28(31(38)30(27)37)24-10-8-22(20-26(24)35)33(6-2)12-14-42-18-16-40-4/h7-10,19-20,34,36H,5-6,11-18H2,1-4H3/b28-24-. The Morgan fingerprint density at radius 2 is 1.33 bits per heavy atom. The number of aromatic hydroxyl groups is 1. The molecule has 3 rings (SSSR count). The molecule has 0 aromatic heterocycles. The van der Waals surface area contributed by atoms with E-state index in [1.807, 2.05) is 23.6 Å². The summed E-state index contributed by atoms with van der Waals surface area (Å²) in [4.78, 5) is 43.0. The van der Waals surface area contributed by atoms with Gasteiger partial charge in [0.15, 0.2) is 5.78 Å². The van der Waals surface area contributed by atoms with Gasteiger partial charge in [-0.2, -0.15) is 0 Å². The first-order valence-electron chi connectivity index (χ1n) is 14.0. The number of benzene rings is 1. The van der Waals surface area contributed by atoms with E-state index in [0.29, 0.717) is 77.2 Å². The van der Waals surface area contributed by atoms with Crippen molar-refractivity contribution in [1.29, 1.82) is 0 Å². The van der Waals surface area contributed by atoms with Gasteiger partial charge in [-0.25, -0.2) is 0 Å². The molecule has 2 aliphatic rings. The van der Waals surface area contributed by atoms with Gasteiger partial charge in [-0.3, -0.25) is 14.4 Å². The molecule has 0 radical (unpaired) electrons. The predicted molar refractivity (Wildman–Crippen MR) is 157 cm³/mol. The fourth-order valence-corrected chi connectivity index (χ4v) is 4.69. The lowest BCUT2D eigenvalue weighted by atomic mass is 9.96. The Morgan fingerprint density at radius 3 is 1.88 bits per heavy atom. The van der Waals surface area contributed by atoms with Crippen LogP contribution in [0.25, 0.3) is 5.57 Å². The minimum Gasteiger partial charge on any atom is -0.507 e. The molecule has 11 heteroatoms. The SMILES string of the molecule is CCN(CCOCCOC)C1=CC(=O)/C(=C2\C(=O)C(=O)C(c3ccc(N(CC)CCOCCOC)cc3O)=C2O)C=C1. The van der Waals surface area contributed by atoms with Crippen LogP contribution in [0.4, 0.5) is 5.69 Å². The topological polar surface area (TPSA) is 135 Å². The number of carbonyl (C=O) groups excluding carboxylic acids is 3. The highest BCUT2D eigenvalue weighted by molar-refractivity contribution is 6.63. The molecule has 0 saturated heterocycles. The third kappa shape index (κ3) is 7.74. The van der Waals surface area contributed by atoms with E-state index in [4.69, 9.17) is 18.9 Å². The van der Waals surface area contributed by atoms with Gasteiger partial charge >= 0.3 is 0 Å². The first kappa shape index (κ1) is 32.7. The minimum atomic E-state index is -1.00. The van der Waals surface area contributed by atoms with Gasteiger partial charge in [0.05, 0.1) is 50.8 Å². The number of phenols is 1. The number of ether oxygens (including phenoxy) is 4. The molecule has 0 amide bonds. The predicted octanol–water partition coefficient (Wildman–Crippen LogP) is 2.61. The van der Waals surface area contributed by atoms with Crippen LogP contribution in [0.15, 0.2) is 59.0 Å². The molecule has 1 aromatic rings. The van der Waals surface area contributed by atoms with E-state index >= 15 is 0 Å². The average Bonchev–Trinajstić information content (AvgIpc) is 3.20. The number of methoxy groups -OCH3 is 2. The van der Waals surface area contributed by atoms with Crippen LogP contribution in [0.5, 0.6) is 5.75 Å². The van der Waals surface area contributed by atoms with Crippen molar-refractivity contribution in [2.75, 3.05) is 84.9 Å². The van der Waals surface area contributed by atoms with Crippen molar-refractivity contribution >= 4 is 28.6 Å². The fourth-order valence-electron chi connectivity index (χ4n) is 4.69. The first-order chi connectivity index (χ1) is 20.3. The van der Waals surface area contributed by atoms with Crippen LogP contribution in [-0.2, 0) is 33.3 Å². The number of Topliss-reactive ketones (excluding diaryl/α,β-unsaturated/α-hetero) is 2. The van der Waals surface area contributed by atoms with Crippen molar-refractivity contribution in [2.24, 2.45) is 0 Å². The molecular formula is C31H40N2O9. The second-order valence-corrected chi connectivity index (χ2v) is 9.51. The summed E-state index contributed by atoms with van der Waals surface area (Å²) < 4.78 is 21.0. The van der Waals surface area contributed by atoms with E-state index in [-0.39, 0.29) is 28.0 Å². The molecule has 11 nitrogen and oxygen atoms in total. The van der Waals surface area contributed by atoms with E-state index in [0.717, 1.165) is 0 Å². The average molecular weight is 585 g/mol. The second-order valence-electron chi connectivity index (χ2n) is 9.51. The maximum Gasteiger partial charge on any atom is 0.238 e. The number of allylic oxidation sites excluding steroid dienone is 6. The van der Waals surface area contributed by atoms with Crippen molar-refractivity contribution in [1.82, 2.24) is 4.90 Å². The van der Waals surface area contributed by atoms with Crippen molar-refractivity contribution < 1.29 is 43.5 Å². The summed E-state index contributed by atoms with van der Waals surface area (Å²) in [6.45, 7) is 9.03. The zero-order chi connectivity index (χ0) is 30.6. The van der Waals surface area contributed by atoms with E-state index in [1.54, 1.807) is 26.4 Å². The number of nitrogens with zero attached hydrogens (tertiary/aromatic N) is 2.